The Labute approximate surface area is 149 Å². The first-order valence-electron chi connectivity index (χ1n) is 6.64. The van der Waals surface area contributed by atoms with Gasteiger partial charge in [0.2, 0.25) is 5.88 Å². The molecule has 4 nitrogen and oxygen atoms in total. The van der Waals surface area contributed by atoms with Crippen LogP contribution >= 0.6 is 23.2 Å². The van der Waals surface area contributed by atoms with E-state index in [0.29, 0.717) is 12.3 Å². The number of aromatic nitrogens is 1. The van der Waals surface area contributed by atoms with Crippen molar-refractivity contribution in [3.63, 3.8) is 0 Å². The van der Waals surface area contributed by atoms with E-state index in [1.165, 1.54) is 19.1 Å². The number of carbonyl (C=O) groups excluding carboxylic acids is 1. The van der Waals surface area contributed by atoms with Crippen LogP contribution in [0.25, 0.3) is 0 Å². The van der Waals surface area contributed by atoms with Gasteiger partial charge in [-0.3, -0.25) is 4.79 Å². The molecule has 2 aromatic rings. The van der Waals surface area contributed by atoms with Crippen molar-refractivity contribution in [3.05, 3.63) is 46.9 Å². The summed E-state index contributed by atoms with van der Waals surface area (Å²) in [6.45, 7) is 1.34. The van der Waals surface area contributed by atoms with E-state index in [2.05, 4.69) is 4.98 Å². The van der Waals surface area contributed by atoms with Gasteiger partial charge in [-0.2, -0.15) is 13.2 Å². The summed E-state index contributed by atoms with van der Waals surface area (Å²) in [4.78, 5) is 14.4. The van der Waals surface area contributed by atoms with Gasteiger partial charge in [0.25, 0.3) is 5.24 Å². The maximum atomic E-state index is 13.9. The molecular formula is C15H9Cl2F4NO3. The van der Waals surface area contributed by atoms with Gasteiger partial charge >= 0.3 is 6.18 Å². The molecule has 0 radical (unpaired) electrons. The van der Waals surface area contributed by atoms with Crippen LogP contribution in [-0.2, 0) is 11.0 Å². The molecule has 0 aliphatic heterocycles. The van der Waals surface area contributed by atoms with Gasteiger partial charge in [0, 0.05) is 12.3 Å². The van der Waals surface area contributed by atoms with E-state index in [-0.39, 0.29) is 17.4 Å². The first kappa shape index (κ1) is 19.3. The number of benzene rings is 1. The Balaban J connectivity index is 2.18. The predicted octanol–water partition coefficient (Wildman–Crippen LogP) is 5.22. The molecule has 2 rings (SSSR count). The Morgan fingerprint density at radius 1 is 1.28 bits per heavy atom. The third-order valence-electron chi connectivity index (χ3n) is 2.88. The van der Waals surface area contributed by atoms with Gasteiger partial charge in [-0.15, -0.1) is 0 Å². The SMILES string of the molecule is CC(Oc1ccc(Oc2ncc(C(F)(F)F)cc2Cl)cc1F)C(=O)Cl. The maximum absolute atomic E-state index is 13.9. The second kappa shape index (κ2) is 7.45. The fraction of sp³-hybridized carbons (Fsp3) is 0.200. The number of carbonyl (C=O) groups is 1. The second-order valence-electron chi connectivity index (χ2n) is 4.77. The molecule has 1 aromatic carbocycles. The number of alkyl halides is 3. The molecule has 0 saturated carbocycles. The third-order valence-corrected chi connectivity index (χ3v) is 3.45. The molecule has 0 aliphatic carbocycles. The zero-order valence-corrected chi connectivity index (χ0v) is 13.9. The first-order valence-corrected chi connectivity index (χ1v) is 7.39. The Morgan fingerprint density at radius 2 is 1.96 bits per heavy atom. The van der Waals surface area contributed by atoms with E-state index in [1.54, 1.807) is 0 Å². The molecular weight excluding hydrogens is 389 g/mol. The molecule has 134 valence electrons. The van der Waals surface area contributed by atoms with Crippen molar-refractivity contribution in [1.82, 2.24) is 4.98 Å². The molecule has 1 unspecified atom stereocenters. The van der Waals surface area contributed by atoms with Crippen LogP contribution in [-0.4, -0.2) is 16.3 Å². The molecule has 25 heavy (non-hydrogen) atoms. The third kappa shape index (κ3) is 4.96. The van der Waals surface area contributed by atoms with Crippen LogP contribution in [0.15, 0.2) is 30.5 Å². The van der Waals surface area contributed by atoms with Crippen LogP contribution < -0.4 is 9.47 Å². The smallest absolute Gasteiger partial charge is 0.417 e. The van der Waals surface area contributed by atoms with E-state index in [9.17, 15) is 22.4 Å². The minimum atomic E-state index is -4.60. The van der Waals surface area contributed by atoms with Crippen LogP contribution in [0.3, 0.4) is 0 Å². The quantitative estimate of drug-likeness (QED) is 0.512. The molecule has 0 fully saturated rings. The average molecular weight is 398 g/mol. The van der Waals surface area contributed by atoms with E-state index in [0.717, 1.165) is 6.07 Å². The summed E-state index contributed by atoms with van der Waals surface area (Å²) in [6, 6.07) is 3.97. The van der Waals surface area contributed by atoms with E-state index >= 15 is 0 Å². The lowest BCUT2D eigenvalue weighted by Crippen LogP contribution is -2.19. The van der Waals surface area contributed by atoms with Crippen LogP contribution in [0.5, 0.6) is 17.4 Å². The molecule has 0 spiro atoms. The lowest BCUT2D eigenvalue weighted by Gasteiger charge is -2.13. The van der Waals surface area contributed by atoms with E-state index in [1.807, 2.05) is 0 Å². The highest BCUT2D eigenvalue weighted by molar-refractivity contribution is 6.64. The fourth-order valence-electron chi connectivity index (χ4n) is 1.64. The number of hydrogen-bond acceptors (Lipinski definition) is 4. The van der Waals surface area contributed by atoms with Gasteiger partial charge in [-0.25, -0.2) is 9.37 Å². The van der Waals surface area contributed by atoms with Crippen molar-refractivity contribution < 1.29 is 31.8 Å². The van der Waals surface area contributed by atoms with Crippen molar-refractivity contribution in [1.29, 1.82) is 0 Å². The monoisotopic (exact) mass is 397 g/mol. The summed E-state index contributed by atoms with van der Waals surface area (Å²) >= 11 is 10.9. The van der Waals surface area contributed by atoms with Crippen LogP contribution in [0.1, 0.15) is 12.5 Å². The molecule has 1 aromatic heterocycles. The summed E-state index contributed by atoms with van der Waals surface area (Å²) in [5.74, 6) is -1.53. The Bertz CT molecular complexity index is 799. The summed E-state index contributed by atoms with van der Waals surface area (Å²) in [5.41, 5.74) is -1.04. The predicted molar refractivity (Wildman–Crippen MR) is 81.7 cm³/mol. The average Bonchev–Trinajstić information content (AvgIpc) is 2.50. The van der Waals surface area contributed by atoms with Crippen molar-refractivity contribution in [2.24, 2.45) is 0 Å². The van der Waals surface area contributed by atoms with E-state index < -0.39 is 33.9 Å². The van der Waals surface area contributed by atoms with Crippen molar-refractivity contribution in [2.45, 2.75) is 19.2 Å². The fourth-order valence-corrected chi connectivity index (χ4v) is 1.89. The molecule has 0 aliphatic rings. The van der Waals surface area contributed by atoms with Crippen LogP contribution in [0.2, 0.25) is 5.02 Å². The van der Waals surface area contributed by atoms with Crippen LogP contribution in [0, 0.1) is 5.82 Å². The van der Waals surface area contributed by atoms with Crippen molar-refractivity contribution in [2.75, 3.05) is 0 Å². The Hall–Kier alpha value is -2.06. The molecule has 0 saturated heterocycles. The normalized spacial score (nSPS) is 12.6. The lowest BCUT2D eigenvalue weighted by molar-refractivity contribution is -0.137. The highest BCUT2D eigenvalue weighted by Crippen LogP contribution is 2.35. The summed E-state index contributed by atoms with van der Waals surface area (Å²) in [5, 5.41) is -1.20. The largest absolute Gasteiger partial charge is 0.478 e. The number of pyridine rings is 1. The van der Waals surface area contributed by atoms with Crippen LogP contribution in [0.4, 0.5) is 17.6 Å². The van der Waals surface area contributed by atoms with Gasteiger partial charge in [-0.1, -0.05) is 11.6 Å². The van der Waals surface area contributed by atoms with Crippen molar-refractivity contribution in [3.8, 4) is 17.4 Å². The van der Waals surface area contributed by atoms with Gasteiger partial charge in [0.05, 0.1) is 5.56 Å². The zero-order chi connectivity index (χ0) is 18.8. The van der Waals surface area contributed by atoms with Crippen molar-refractivity contribution >= 4 is 28.4 Å². The molecule has 0 bridgehead atoms. The highest BCUT2D eigenvalue weighted by Gasteiger charge is 2.31. The Morgan fingerprint density at radius 3 is 2.48 bits per heavy atom. The topological polar surface area (TPSA) is 48.4 Å². The first-order chi connectivity index (χ1) is 11.6. The lowest BCUT2D eigenvalue weighted by atomic mass is 10.3. The second-order valence-corrected chi connectivity index (χ2v) is 5.55. The number of halogens is 6. The maximum Gasteiger partial charge on any atom is 0.417 e. The number of hydrogen-bond donors (Lipinski definition) is 0. The minimum Gasteiger partial charge on any atom is -0.478 e. The summed E-state index contributed by atoms with van der Waals surface area (Å²) in [6.07, 6.45) is -5.12. The van der Waals surface area contributed by atoms with Gasteiger partial charge in [0.1, 0.15) is 10.8 Å². The number of nitrogens with zero attached hydrogens (tertiary/aromatic N) is 1. The summed E-state index contributed by atoms with van der Waals surface area (Å²) in [7, 11) is 0. The zero-order valence-electron chi connectivity index (χ0n) is 12.4. The van der Waals surface area contributed by atoms with Gasteiger partial charge in [0.15, 0.2) is 17.7 Å². The van der Waals surface area contributed by atoms with Gasteiger partial charge in [-0.05, 0) is 36.7 Å². The number of ether oxygens (including phenoxy) is 2. The molecule has 1 heterocycles. The molecule has 0 amide bonds. The Kier molecular flexibility index (Phi) is 5.74. The van der Waals surface area contributed by atoms with E-state index in [4.69, 9.17) is 32.7 Å². The highest BCUT2D eigenvalue weighted by atomic mass is 35.5. The molecule has 0 N–H and O–H groups in total. The minimum absolute atomic E-state index is 0.0798. The molecule has 1 atom stereocenters. The number of rotatable bonds is 5. The van der Waals surface area contributed by atoms with Gasteiger partial charge < -0.3 is 9.47 Å². The molecule has 10 heteroatoms. The summed E-state index contributed by atoms with van der Waals surface area (Å²) < 4.78 is 61.8. The standard InChI is InChI=1S/C15H9Cl2F4NO3/c1-7(13(17)23)24-12-3-2-9(5-11(12)18)25-14-10(16)4-8(6-22-14)15(19,20)21/h2-7H,1H3.